The molecule has 106 valence electrons. The zero-order chi connectivity index (χ0) is 14.0. The van der Waals surface area contributed by atoms with E-state index in [-0.39, 0.29) is 0 Å². The molecule has 2 heteroatoms. The lowest BCUT2D eigenvalue weighted by molar-refractivity contribution is -0.174. The van der Waals surface area contributed by atoms with Crippen LogP contribution < -0.4 is 0 Å². The summed E-state index contributed by atoms with van der Waals surface area (Å²) in [5.41, 5.74) is 1.16. The van der Waals surface area contributed by atoms with E-state index in [1.54, 1.807) is 14.2 Å². The predicted molar refractivity (Wildman–Crippen MR) is 81.0 cm³/mol. The molecule has 0 bridgehead atoms. The van der Waals surface area contributed by atoms with Crippen molar-refractivity contribution < 1.29 is 9.47 Å². The van der Waals surface area contributed by atoms with E-state index < -0.39 is 5.79 Å². The van der Waals surface area contributed by atoms with E-state index in [2.05, 4.69) is 25.1 Å². The van der Waals surface area contributed by atoms with Gasteiger partial charge in [0.1, 0.15) is 0 Å². The number of rotatable bonds is 9. The number of hydrogen-bond donors (Lipinski definition) is 0. The van der Waals surface area contributed by atoms with Gasteiger partial charge < -0.3 is 9.47 Å². The number of methoxy groups -OCH3 is 2. The Morgan fingerprint density at radius 2 is 1.68 bits per heavy atom. The Labute approximate surface area is 117 Å². The van der Waals surface area contributed by atoms with Gasteiger partial charge in [0.25, 0.3) is 0 Å². The van der Waals surface area contributed by atoms with Gasteiger partial charge >= 0.3 is 0 Å². The third kappa shape index (κ3) is 5.58. The van der Waals surface area contributed by atoms with Gasteiger partial charge in [-0.1, -0.05) is 62.6 Å². The summed E-state index contributed by atoms with van der Waals surface area (Å²) < 4.78 is 11.2. The topological polar surface area (TPSA) is 18.5 Å². The highest BCUT2D eigenvalue weighted by atomic mass is 16.7. The summed E-state index contributed by atoms with van der Waals surface area (Å²) in [7, 11) is 3.41. The third-order valence-electron chi connectivity index (χ3n) is 3.40. The van der Waals surface area contributed by atoms with Crippen LogP contribution in [0.5, 0.6) is 0 Å². The van der Waals surface area contributed by atoms with Gasteiger partial charge in [-0.2, -0.15) is 0 Å². The highest BCUT2D eigenvalue weighted by molar-refractivity contribution is 5.49. The summed E-state index contributed by atoms with van der Waals surface area (Å²) in [5.74, 6) is -0.594. The molecule has 0 amide bonds. The number of hydrogen-bond acceptors (Lipinski definition) is 2. The van der Waals surface area contributed by atoms with Crippen LogP contribution >= 0.6 is 0 Å². The fourth-order valence-corrected chi connectivity index (χ4v) is 2.09. The molecular weight excluding hydrogens is 236 g/mol. The molecule has 0 fully saturated rings. The summed E-state index contributed by atoms with van der Waals surface area (Å²) in [6, 6.07) is 10.2. The molecule has 2 nitrogen and oxygen atoms in total. The Bertz CT molecular complexity index is 353. The molecule has 0 saturated carbocycles. The first-order valence-corrected chi connectivity index (χ1v) is 7.11. The number of benzene rings is 1. The van der Waals surface area contributed by atoms with Crippen LogP contribution in [0.3, 0.4) is 0 Å². The molecule has 1 aromatic carbocycles. The SMILES string of the molecule is CCCCCCC(C=Cc1ccccc1)(OC)OC. The Kier molecular flexibility index (Phi) is 7.46. The first kappa shape index (κ1) is 15.9. The van der Waals surface area contributed by atoms with Crippen molar-refractivity contribution in [1.82, 2.24) is 0 Å². The summed E-state index contributed by atoms with van der Waals surface area (Å²) in [4.78, 5) is 0. The molecule has 0 atom stereocenters. The lowest BCUT2D eigenvalue weighted by Gasteiger charge is -2.27. The second kappa shape index (κ2) is 8.89. The molecule has 0 spiro atoms. The smallest absolute Gasteiger partial charge is 0.187 e. The average Bonchev–Trinajstić information content (AvgIpc) is 2.48. The van der Waals surface area contributed by atoms with Gasteiger partial charge in [-0.05, 0) is 18.1 Å². The lowest BCUT2D eigenvalue weighted by Crippen LogP contribution is -2.31. The minimum Gasteiger partial charge on any atom is -0.350 e. The van der Waals surface area contributed by atoms with Crippen molar-refractivity contribution in [2.75, 3.05) is 14.2 Å². The van der Waals surface area contributed by atoms with Crippen molar-refractivity contribution >= 4 is 6.08 Å². The van der Waals surface area contributed by atoms with E-state index in [0.717, 1.165) is 18.4 Å². The average molecular weight is 262 g/mol. The van der Waals surface area contributed by atoms with Gasteiger partial charge in [0, 0.05) is 20.6 Å². The van der Waals surface area contributed by atoms with Crippen molar-refractivity contribution in [3.63, 3.8) is 0 Å². The molecule has 0 heterocycles. The molecule has 0 saturated heterocycles. The minimum atomic E-state index is -0.594. The van der Waals surface area contributed by atoms with Crippen molar-refractivity contribution in [1.29, 1.82) is 0 Å². The van der Waals surface area contributed by atoms with E-state index >= 15 is 0 Å². The van der Waals surface area contributed by atoms with Crippen molar-refractivity contribution in [2.45, 2.75) is 44.8 Å². The predicted octanol–water partition coefficient (Wildman–Crippen LogP) is 4.66. The second-order valence-electron chi connectivity index (χ2n) is 4.77. The molecule has 0 aliphatic rings. The number of ether oxygens (including phenoxy) is 2. The van der Waals surface area contributed by atoms with E-state index in [4.69, 9.17) is 9.47 Å². The molecule has 0 aliphatic heterocycles. The largest absolute Gasteiger partial charge is 0.350 e. The first-order valence-electron chi connectivity index (χ1n) is 7.11. The normalized spacial score (nSPS) is 12.2. The van der Waals surface area contributed by atoms with Crippen LogP contribution in [0.4, 0.5) is 0 Å². The van der Waals surface area contributed by atoms with Gasteiger partial charge in [-0.15, -0.1) is 0 Å². The van der Waals surface area contributed by atoms with Gasteiger partial charge in [0.15, 0.2) is 5.79 Å². The summed E-state index contributed by atoms with van der Waals surface area (Å²) in [6.07, 6.45) is 9.84. The standard InChI is InChI=1S/C17H26O2/c1-4-5-6-10-14-17(18-2,19-3)15-13-16-11-8-7-9-12-16/h7-9,11-13,15H,4-6,10,14H2,1-3H3. The quantitative estimate of drug-likeness (QED) is 0.476. The molecule has 1 rings (SSSR count). The van der Waals surface area contributed by atoms with Gasteiger partial charge in [-0.3, -0.25) is 0 Å². The zero-order valence-electron chi connectivity index (χ0n) is 12.4. The van der Waals surface area contributed by atoms with E-state index in [0.29, 0.717) is 0 Å². The second-order valence-corrected chi connectivity index (χ2v) is 4.77. The Morgan fingerprint density at radius 3 is 2.26 bits per heavy atom. The number of unbranched alkanes of at least 4 members (excludes halogenated alkanes) is 3. The molecule has 0 aromatic heterocycles. The molecule has 0 radical (unpaired) electrons. The third-order valence-corrected chi connectivity index (χ3v) is 3.40. The highest BCUT2D eigenvalue weighted by Gasteiger charge is 2.25. The van der Waals surface area contributed by atoms with Crippen LogP contribution in [0.2, 0.25) is 0 Å². The fraction of sp³-hybridized carbons (Fsp3) is 0.529. The monoisotopic (exact) mass is 262 g/mol. The van der Waals surface area contributed by atoms with Crippen LogP contribution in [-0.2, 0) is 9.47 Å². The molecule has 0 aliphatic carbocycles. The Balaban J connectivity index is 2.62. The van der Waals surface area contributed by atoms with E-state index in [1.165, 1.54) is 19.3 Å². The summed E-state index contributed by atoms with van der Waals surface area (Å²) >= 11 is 0. The fourth-order valence-electron chi connectivity index (χ4n) is 2.09. The van der Waals surface area contributed by atoms with Crippen LogP contribution in [0, 0.1) is 0 Å². The summed E-state index contributed by atoms with van der Waals surface area (Å²) in [5, 5.41) is 0. The Hall–Kier alpha value is -1.12. The van der Waals surface area contributed by atoms with Crippen molar-refractivity contribution in [2.24, 2.45) is 0 Å². The molecule has 1 aromatic rings. The van der Waals surface area contributed by atoms with Crippen molar-refractivity contribution in [3.8, 4) is 0 Å². The van der Waals surface area contributed by atoms with Crippen LogP contribution in [-0.4, -0.2) is 20.0 Å². The maximum atomic E-state index is 5.58. The van der Waals surface area contributed by atoms with Crippen LogP contribution in [0.25, 0.3) is 6.08 Å². The van der Waals surface area contributed by atoms with Gasteiger partial charge in [0.2, 0.25) is 0 Å². The maximum absolute atomic E-state index is 5.58. The maximum Gasteiger partial charge on any atom is 0.187 e. The zero-order valence-corrected chi connectivity index (χ0v) is 12.4. The Morgan fingerprint density at radius 1 is 1.00 bits per heavy atom. The summed E-state index contributed by atoms with van der Waals surface area (Å²) in [6.45, 7) is 2.22. The molecule has 0 N–H and O–H groups in total. The molecule has 0 unspecified atom stereocenters. The first-order chi connectivity index (χ1) is 9.26. The van der Waals surface area contributed by atoms with Crippen molar-refractivity contribution in [3.05, 3.63) is 42.0 Å². The van der Waals surface area contributed by atoms with Gasteiger partial charge in [-0.25, -0.2) is 0 Å². The highest BCUT2D eigenvalue weighted by Crippen LogP contribution is 2.23. The van der Waals surface area contributed by atoms with E-state index in [1.807, 2.05) is 24.3 Å². The van der Waals surface area contributed by atoms with Crippen LogP contribution in [0.1, 0.15) is 44.6 Å². The minimum absolute atomic E-state index is 0.594. The van der Waals surface area contributed by atoms with E-state index in [9.17, 15) is 0 Å². The molecule has 19 heavy (non-hydrogen) atoms. The van der Waals surface area contributed by atoms with Gasteiger partial charge in [0.05, 0.1) is 0 Å². The lowest BCUT2D eigenvalue weighted by atomic mass is 10.0. The molecular formula is C17H26O2. The van der Waals surface area contributed by atoms with Crippen LogP contribution in [0.15, 0.2) is 36.4 Å².